The lowest BCUT2D eigenvalue weighted by atomic mass is 10.1. The SMILES string of the molecule is CCn1c(=O)cc(C(F)(F)F)c2ccc(OCC(=O)N3CCN(CCCN(C)C)CC3)cc21. The van der Waals surface area contributed by atoms with Crippen LogP contribution in [0.4, 0.5) is 13.2 Å². The number of ether oxygens (including phenoxy) is 1. The number of hydrogen-bond acceptors (Lipinski definition) is 5. The Morgan fingerprint density at radius 2 is 1.82 bits per heavy atom. The van der Waals surface area contributed by atoms with Crippen molar-refractivity contribution >= 4 is 16.8 Å². The topological polar surface area (TPSA) is 58.0 Å². The summed E-state index contributed by atoms with van der Waals surface area (Å²) in [5.74, 6) is 0.0825. The molecule has 0 saturated carbocycles. The van der Waals surface area contributed by atoms with E-state index in [9.17, 15) is 22.8 Å². The van der Waals surface area contributed by atoms with Crippen molar-refractivity contribution in [1.29, 1.82) is 0 Å². The molecule has 2 aromatic rings. The molecule has 0 spiro atoms. The van der Waals surface area contributed by atoms with Crippen LogP contribution >= 0.6 is 0 Å². The number of nitrogens with zero attached hydrogens (tertiary/aromatic N) is 4. The van der Waals surface area contributed by atoms with Gasteiger partial charge in [0.15, 0.2) is 6.61 Å². The molecule has 1 aromatic carbocycles. The number of amides is 1. The summed E-state index contributed by atoms with van der Waals surface area (Å²) in [6, 6.07) is 4.70. The van der Waals surface area contributed by atoms with Gasteiger partial charge in [-0.1, -0.05) is 0 Å². The number of aromatic nitrogens is 1. The van der Waals surface area contributed by atoms with E-state index >= 15 is 0 Å². The lowest BCUT2D eigenvalue weighted by Gasteiger charge is -2.34. The zero-order valence-corrected chi connectivity index (χ0v) is 19.3. The Balaban J connectivity index is 1.64. The molecular formula is C23H31F3N4O3. The first kappa shape index (κ1) is 25.0. The standard InChI is InChI=1S/C23H31F3N4O3/c1-4-30-20-14-17(6-7-18(20)19(15-21(30)31)23(24,25)26)33-16-22(32)29-12-10-28(11-13-29)9-5-8-27(2)3/h6-7,14-15H,4-5,8-13,16H2,1-3H3. The maximum Gasteiger partial charge on any atom is 0.417 e. The fraction of sp³-hybridized carbons (Fsp3) is 0.565. The first-order chi connectivity index (χ1) is 15.6. The Labute approximate surface area is 191 Å². The molecule has 0 atom stereocenters. The number of fused-ring (bicyclic) bond motifs is 1. The number of carbonyl (C=O) groups is 1. The quantitative estimate of drug-likeness (QED) is 0.596. The second kappa shape index (κ2) is 10.6. The number of pyridine rings is 1. The van der Waals surface area contributed by atoms with Gasteiger partial charge in [-0.2, -0.15) is 13.2 Å². The van der Waals surface area contributed by atoms with E-state index in [1.54, 1.807) is 11.8 Å². The first-order valence-electron chi connectivity index (χ1n) is 11.1. The monoisotopic (exact) mass is 468 g/mol. The normalized spacial score (nSPS) is 15.4. The predicted molar refractivity (Wildman–Crippen MR) is 121 cm³/mol. The Morgan fingerprint density at radius 3 is 2.42 bits per heavy atom. The third-order valence-corrected chi connectivity index (χ3v) is 5.87. The average Bonchev–Trinajstić information content (AvgIpc) is 2.76. The minimum atomic E-state index is -4.64. The van der Waals surface area contributed by atoms with Gasteiger partial charge in [0.1, 0.15) is 5.75 Å². The number of carbonyl (C=O) groups excluding carboxylic acids is 1. The van der Waals surface area contributed by atoms with Gasteiger partial charge in [0.05, 0.1) is 11.1 Å². The lowest BCUT2D eigenvalue weighted by Crippen LogP contribution is -2.50. The van der Waals surface area contributed by atoms with Crippen molar-refractivity contribution in [3.63, 3.8) is 0 Å². The van der Waals surface area contributed by atoms with Crippen LogP contribution in [0, 0.1) is 0 Å². The van der Waals surface area contributed by atoms with E-state index in [-0.39, 0.29) is 35.7 Å². The van der Waals surface area contributed by atoms with Crippen molar-refractivity contribution in [3.8, 4) is 5.75 Å². The summed E-state index contributed by atoms with van der Waals surface area (Å²) >= 11 is 0. The van der Waals surface area contributed by atoms with Crippen molar-refractivity contribution in [2.24, 2.45) is 0 Å². The van der Waals surface area contributed by atoms with Crippen molar-refractivity contribution < 1.29 is 22.7 Å². The van der Waals surface area contributed by atoms with Crippen LogP contribution in [0.2, 0.25) is 0 Å². The number of alkyl halides is 3. The average molecular weight is 469 g/mol. The highest BCUT2D eigenvalue weighted by Crippen LogP contribution is 2.34. The van der Waals surface area contributed by atoms with E-state index in [1.165, 1.54) is 22.8 Å². The van der Waals surface area contributed by atoms with Gasteiger partial charge >= 0.3 is 6.18 Å². The number of benzene rings is 1. The maximum absolute atomic E-state index is 13.4. The molecule has 2 heterocycles. The largest absolute Gasteiger partial charge is 0.484 e. The molecule has 33 heavy (non-hydrogen) atoms. The highest BCUT2D eigenvalue weighted by molar-refractivity contribution is 5.85. The van der Waals surface area contributed by atoms with Crippen LogP contribution in [-0.4, -0.2) is 85.1 Å². The molecule has 1 aromatic heterocycles. The summed E-state index contributed by atoms with van der Waals surface area (Å²) in [7, 11) is 4.09. The molecule has 7 nitrogen and oxygen atoms in total. The van der Waals surface area contributed by atoms with Gasteiger partial charge in [-0.3, -0.25) is 14.5 Å². The molecular weight excluding hydrogens is 437 g/mol. The Hall–Kier alpha value is -2.59. The number of rotatable bonds is 8. The first-order valence-corrected chi connectivity index (χ1v) is 11.1. The third-order valence-electron chi connectivity index (χ3n) is 5.87. The third kappa shape index (κ3) is 6.26. The predicted octanol–water partition coefficient (Wildman–Crippen LogP) is 2.51. The van der Waals surface area contributed by atoms with Gasteiger partial charge < -0.3 is 19.1 Å². The van der Waals surface area contributed by atoms with Crippen molar-refractivity contribution in [3.05, 3.63) is 40.2 Å². The van der Waals surface area contributed by atoms with Gasteiger partial charge in [-0.05, 0) is 52.7 Å². The number of hydrogen-bond donors (Lipinski definition) is 0. The summed E-state index contributed by atoms with van der Waals surface area (Å²) in [6.07, 6.45) is -3.57. The highest BCUT2D eigenvalue weighted by atomic mass is 19.4. The van der Waals surface area contributed by atoms with Gasteiger partial charge in [0, 0.05) is 50.2 Å². The van der Waals surface area contributed by atoms with Gasteiger partial charge in [0.25, 0.3) is 11.5 Å². The van der Waals surface area contributed by atoms with Gasteiger partial charge in [-0.25, -0.2) is 0 Å². The van der Waals surface area contributed by atoms with Gasteiger partial charge in [-0.15, -0.1) is 0 Å². The number of aryl methyl sites for hydroxylation is 1. The second-order valence-electron chi connectivity index (χ2n) is 8.49. The molecule has 182 valence electrons. The zero-order valence-electron chi connectivity index (χ0n) is 19.3. The molecule has 1 aliphatic rings. The van der Waals surface area contributed by atoms with E-state index in [2.05, 4.69) is 9.80 Å². The van der Waals surface area contributed by atoms with Gasteiger partial charge in [0.2, 0.25) is 0 Å². The highest BCUT2D eigenvalue weighted by Gasteiger charge is 2.34. The Morgan fingerprint density at radius 1 is 1.12 bits per heavy atom. The molecule has 0 unspecified atom stereocenters. The summed E-state index contributed by atoms with van der Waals surface area (Å²) in [4.78, 5) is 31.0. The second-order valence-corrected chi connectivity index (χ2v) is 8.49. The molecule has 1 fully saturated rings. The maximum atomic E-state index is 13.4. The lowest BCUT2D eigenvalue weighted by molar-refractivity contribution is -0.136. The molecule has 1 aliphatic heterocycles. The summed E-state index contributed by atoms with van der Waals surface area (Å²) < 4.78 is 47.0. The smallest absolute Gasteiger partial charge is 0.417 e. The van der Waals surface area contributed by atoms with Crippen LogP contribution in [0.25, 0.3) is 10.9 Å². The van der Waals surface area contributed by atoms with Crippen LogP contribution < -0.4 is 10.3 Å². The molecule has 3 rings (SSSR count). The molecule has 0 bridgehead atoms. The number of halogens is 3. The van der Waals surface area contributed by atoms with Crippen molar-refractivity contribution in [1.82, 2.24) is 19.3 Å². The van der Waals surface area contributed by atoms with E-state index < -0.39 is 17.3 Å². The van der Waals surface area contributed by atoms with Crippen LogP contribution in [0.5, 0.6) is 5.75 Å². The Kier molecular flexibility index (Phi) is 8.01. The van der Waals surface area contributed by atoms with E-state index in [0.29, 0.717) is 19.2 Å². The fourth-order valence-corrected chi connectivity index (χ4v) is 4.08. The molecule has 0 N–H and O–H groups in total. The zero-order chi connectivity index (χ0) is 24.2. The molecule has 10 heteroatoms. The van der Waals surface area contributed by atoms with Crippen LogP contribution in [-0.2, 0) is 17.5 Å². The van der Waals surface area contributed by atoms with E-state index in [1.807, 2.05) is 14.1 Å². The Bertz CT molecular complexity index is 1030. The molecule has 0 aliphatic carbocycles. The van der Waals surface area contributed by atoms with Crippen molar-refractivity contribution in [2.75, 3.05) is 60.0 Å². The van der Waals surface area contributed by atoms with E-state index in [4.69, 9.17) is 4.74 Å². The van der Waals surface area contributed by atoms with E-state index in [0.717, 1.165) is 32.6 Å². The van der Waals surface area contributed by atoms with Crippen LogP contribution in [0.3, 0.4) is 0 Å². The minimum absolute atomic E-state index is 0.0759. The van der Waals surface area contributed by atoms with Crippen LogP contribution in [0.15, 0.2) is 29.1 Å². The van der Waals surface area contributed by atoms with Crippen LogP contribution in [0.1, 0.15) is 18.9 Å². The fourth-order valence-electron chi connectivity index (χ4n) is 4.08. The van der Waals surface area contributed by atoms with Crippen molar-refractivity contribution in [2.45, 2.75) is 26.1 Å². The summed E-state index contributed by atoms with van der Waals surface area (Å²) in [6.45, 7) is 6.55. The molecule has 0 radical (unpaired) electrons. The molecule has 1 amide bonds. The number of piperazine rings is 1. The minimum Gasteiger partial charge on any atom is -0.484 e. The molecule has 1 saturated heterocycles. The summed E-state index contributed by atoms with van der Waals surface area (Å²) in [5, 5.41) is -0.0759. The summed E-state index contributed by atoms with van der Waals surface area (Å²) in [5.41, 5.74) is -1.57.